The maximum Gasteiger partial charge on any atom is 0.355 e. The van der Waals surface area contributed by atoms with Crippen molar-refractivity contribution in [1.29, 1.82) is 0 Å². The summed E-state index contributed by atoms with van der Waals surface area (Å²) < 4.78 is 0. The minimum atomic E-state index is -0.654. The van der Waals surface area contributed by atoms with Crippen molar-refractivity contribution >= 4 is 51.9 Å². The first-order valence-electron chi connectivity index (χ1n) is 10.1. The number of carbonyl (C=O) groups excluding carboxylic acids is 1. The topological polar surface area (TPSA) is 147 Å². The van der Waals surface area contributed by atoms with Crippen LogP contribution in [0.1, 0.15) is 10.4 Å². The molecule has 4 aromatic rings. The second-order valence-corrected chi connectivity index (χ2v) is 7.41. The van der Waals surface area contributed by atoms with E-state index in [1.807, 2.05) is 30.3 Å². The molecule has 0 atom stereocenters. The highest BCUT2D eigenvalue weighted by Gasteiger charge is 2.23. The van der Waals surface area contributed by atoms with Crippen LogP contribution in [0.4, 0.5) is 34.4 Å². The molecule has 0 unspecified atom stereocenters. The van der Waals surface area contributed by atoms with Gasteiger partial charge in [0.15, 0.2) is 0 Å². The van der Waals surface area contributed by atoms with Crippen LogP contribution in [0.25, 0.3) is 0 Å². The van der Waals surface area contributed by atoms with E-state index in [9.17, 15) is 14.9 Å². The first-order chi connectivity index (χ1) is 17.0. The second-order valence-electron chi connectivity index (χ2n) is 6.97. The Labute approximate surface area is 204 Å². The Balaban J connectivity index is 1.48. The number of benzene rings is 3. The third kappa shape index (κ3) is 6.12. The highest BCUT2D eigenvalue weighted by molar-refractivity contribution is 6.30. The lowest BCUT2D eigenvalue weighted by molar-refractivity contribution is -0.383. The number of hydrazine groups is 1. The minimum absolute atomic E-state index is 0.0665. The Morgan fingerprint density at radius 3 is 2.26 bits per heavy atom. The highest BCUT2D eigenvalue weighted by Crippen LogP contribution is 2.31. The lowest BCUT2D eigenvalue weighted by atomic mass is 10.2. The van der Waals surface area contributed by atoms with Gasteiger partial charge in [-0.25, -0.2) is 9.97 Å². The van der Waals surface area contributed by atoms with Gasteiger partial charge in [-0.1, -0.05) is 35.9 Å². The average molecular weight is 489 g/mol. The number of amides is 1. The molecule has 0 radical (unpaired) electrons. The molecule has 0 saturated heterocycles. The van der Waals surface area contributed by atoms with Gasteiger partial charge in [0.25, 0.3) is 5.91 Å². The second kappa shape index (κ2) is 10.8. The van der Waals surface area contributed by atoms with Crippen molar-refractivity contribution in [3.63, 3.8) is 0 Å². The predicted octanol–water partition coefficient (Wildman–Crippen LogP) is 5.95. The summed E-state index contributed by atoms with van der Waals surface area (Å²) in [5, 5.41) is 23.3. The Morgan fingerprint density at radius 1 is 0.886 bits per heavy atom. The smallest absolute Gasteiger partial charge is 0.334 e. The molecule has 3 N–H and O–H groups in total. The largest absolute Gasteiger partial charge is 0.355 e. The summed E-state index contributed by atoms with van der Waals surface area (Å²) in [6.45, 7) is 0. The van der Waals surface area contributed by atoms with Gasteiger partial charge in [-0.3, -0.25) is 25.8 Å². The van der Waals surface area contributed by atoms with E-state index in [4.69, 9.17) is 11.6 Å². The van der Waals surface area contributed by atoms with E-state index >= 15 is 0 Å². The van der Waals surface area contributed by atoms with E-state index in [2.05, 4.69) is 36.4 Å². The molecule has 1 aromatic heterocycles. The SMILES string of the molecule is O=C(NNc1ncnc(Nc2ccc(N=Nc3ccccc3)cc2)c1[N+](=O)[O-])c1cccc(Cl)c1. The molecular weight excluding hydrogens is 472 g/mol. The first kappa shape index (κ1) is 23.3. The van der Waals surface area contributed by atoms with Crippen LogP contribution in [0, 0.1) is 10.1 Å². The zero-order valence-electron chi connectivity index (χ0n) is 17.9. The van der Waals surface area contributed by atoms with Gasteiger partial charge in [0, 0.05) is 16.3 Å². The number of rotatable bonds is 8. The number of nitro groups is 1. The van der Waals surface area contributed by atoms with Gasteiger partial charge in [-0.05, 0) is 54.6 Å². The van der Waals surface area contributed by atoms with Crippen LogP contribution in [-0.2, 0) is 0 Å². The van der Waals surface area contributed by atoms with Crippen molar-refractivity contribution in [2.75, 3.05) is 10.7 Å². The van der Waals surface area contributed by atoms with Crippen molar-refractivity contribution in [3.05, 3.63) is 106 Å². The van der Waals surface area contributed by atoms with Gasteiger partial charge in [-0.2, -0.15) is 10.2 Å². The van der Waals surface area contributed by atoms with Crippen molar-refractivity contribution in [2.24, 2.45) is 10.2 Å². The standard InChI is InChI=1S/C23H17ClN8O3/c24-16-6-4-5-15(13-16)23(33)31-30-22-20(32(34)35)21(25-14-26-22)27-17-9-11-19(12-10-17)29-28-18-7-2-1-3-8-18/h1-14H,(H,31,33)(H2,25,26,27,30). The molecule has 0 spiro atoms. The van der Waals surface area contributed by atoms with Crippen LogP contribution < -0.4 is 16.2 Å². The lowest BCUT2D eigenvalue weighted by Gasteiger charge is -2.11. The number of nitrogens with zero attached hydrogens (tertiary/aromatic N) is 5. The van der Waals surface area contributed by atoms with E-state index in [-0.39, 0.29) is 17.2 Å². The van der Waals surface area contributed by atoms with Crippen LogP contribution >= 0.6 is 11.6 Å². The Kier molecular flexibility index (Phi) is 7.19. The molecule has 3 aromatic carbocycles. The highest BCUT2D eigenvalue weighted by atomic mass is 35.5. The molecule has 0 saturated carbocycles. The molecule has 12 heteroatoms. The van der Waals surface area contributed by atoms with Crippen molar-refractivity contribution in [3.8, 4) is 0 Å². The van der Waals surface area contributed by atoms with Crippen LogP contribution in [-0.4, -0.2) is 20.8 Å². The van der Waals surface area contributed by atoms with E-state index in [1.165, 1.54) is 6.07 Å². The summed E-state index contributed by atoms with van der Waals surface area (Å²) in [5.41, 5.74) is 6.51. The summed E-state index contributed by atoms with van der Waals surface area (Å²) >= 11 is 5.90. The normalized spacial score (nSPS) is 10.7. The summed E-state index contributed by atoms with van der Waals surface area (Å²) in [7, 11) is 0. The van der Waals surface area contributed by atoms with Gasteiger partial charge in [0.2, 0.25) is 11.6 Å². The summed E-state index contributed by atoms with van der Waals surface area (Å²) in [4.78, 5) is 31.3. The Bertz CT molecular complexity index is 1380. The van der Waals surface area contributed by atoms with Crippen LogP contribution in [0.15, 0.2) is 95.4 Å². The van der Waals surface area contributed by atoms with Crippen molar-refractivity contribution in [1.82, 2.24) is 15.4 Å². The molecule has 4 rings (SSSR count). The van der Waals surface area contributed by atoms with E-state index in [0.29, 0.717) is 22.1 Å². The van der Waals surface area contributed by atoms with Crippen LogP contribution in [0.5, 0.6) is 0 Å². The lowest BCUT2D eigenvalue weighted by Crippen LogP contribution is -2.30. The number of halogens is 1. The number of hydrogen-bond donors (Lipinski definition) is 3. The fraction of sp³-hybridized carbons (Fsp3) is 0. The molecule has 1 heterocycles. The maximum absolute atomic E-state index is 12.3. The Hall–Kier alpha value is -4.90. The minimum Gasteiger partial charge on any atom is -0.334 e. The third-order valence-corrected chi connectivity index (χ3v) is 4.79. The van der Waals surface area contributed by atoms with Crippen molar-refractivity contribution in [2.45, 2.75) is 0 Å². The molecule has 0 aliphatic heterocycles. The average Bonchev–Trinajstić information content (AvgIpc) is 2.87. The van der Waals surface area contributed by atoms with Gasteiger partial charge < -0.3 is 5.32 Å². The molecule has 11 nitrogen and oxygen atoms in total. The molecular formula is C23H17ClN8O3. The number of carbonyl (C=O) groups is 1. The van der Waals surface area contributed by atoms with E-state index in [1.54, 1.807) is 42.5 Å². The predicted molar refractivity (Wildman–Crippen MR) is 132 cm³/mol. The fourth-order valence-corrected chi connectivity index (χ4v) is 3.10. The molecule has 0 fully saturated rings. The number of anilines is 3. The van der Waals surface area contributed by atoms with Gasteiger partial charge in [0.1, 0.15) is 6.33 Å². The van der Waals surface area contributed by atoms with Crippen LogP contribution in [0.2, 0.25) is 5.02 Å². The quantitative estimate of drug-likeness (QED) is 0.157. The molecule has 0 bridgehead atoms. The number of hydrogen-bond acceptors (Lipinski definition) is 9. The molecule has 0 aliphatic carbocycles. The Morgan fingerprint density at radius 2 is 1.57 bits per heavy atom. The van der Waals surface area contributed by atoms with Crippen molar-refractivity contribution < 1.29 is 9.72 Å². The van der Waals surface area contributed by atoms with E-state index < -0.39 is 16.5 Å². The van der Waals surface area contributed by atoms with Crippen LogP contribution in [0.3, 0.4) is 0 Å². The first-order valence-corrected chi connectivity index (χ1v) is 10.5. The third-order valence-electron chi connectivity index (χ3n) is 4.55. The number of aromatic nitrogens is 2. The summed E-state index contributed by atoms with van der Waals surface area (Å²) in [5.74, 6) is -0.811. The van der Waals surface area contributed by atoms with Gasteiger partial charge in [-0.15, -0.1) is 0 Å². The monoisotopic (exact) mass is 488 g/mol. The molecule has 0 aliphatic rings. The maximum atomic E-state index is 12.3. The molecule has 174 valence electrons. The summed E-state index contributed by atoms with van der Waals surface area (Å²) in [6.07, 6.45) is 1.13. The summed E-state index contributed by atoms with van der Waals surface area (Å²) in [6, 6.07) is 22.3. The zero-order valence-corrected chi connectivity index (χ0v) is 18.7. The number of nitrogens with one attached hydrogen (secondary N) is 3. The van der Waals surface area contributed by atoms with Gasteiger partial charge in [0.05, 0.1) is 16.3 Å². The fourth-order valence-electron chi connectivity index (χ4n) is 2.91. The van der Waals surface area contributed by atoms with Gasteiger partial charge >= 0.3 is 5.69 Å². The molecule has 1 amide bonds. The molecule has 35 heavy (non-hydrogen) atoms. The zero-order chi connectivity index (χ0) is 24.6. The van der Waals surface area contributed by atoms with E-state index in [0.717, 1.165) is 6.33 Å². The number of azo groups is 1.